The molecule has 0 aliphatic carbocycles. The zero-order valence-electron chi connectivity index (χ0n) is 13.7. The van der Waals surface area contributed by atoms with Gasteiger partial charge in [0.25, 0.3) is 0 Å². The summed E-state index contributed by atoms with van der Waals surface area (Å²) < 4.78 is 1.43. The van der Waals surface area contributed by atoms with Gasteiger partial charge in [0, 0.05) is 6.20 Å². The molecule has 0 aliphatic rings. The minimum atomic E-state index is 0.0949. The summed E-state index contributed by atoms with van der Waals surface area (Å²) in [4.78, 5) is 8.40. The van der Waals surface area contributed by atoms with Crippen LogP contribution < -0.4 is 11.1 Å². The van der Waals surface area contributed by atoms with Crippen LogP contribution >= 0.6 is 0 Å². The first-order valence-electron chi connectivity index (χ1n) is 8.00. The average Bonchev–Trinajstić information content (AvgIpc) is 3.05. The van der Waals surface area contributed by atoms with Crippen molar-refractivity contribution < 1.29 is 5.11 Å². The quantitative estimate of drug-likeness (QED) is 0.491. The Labute approximate surface area is 149 Å². The van der Waals surface area contributed by atoms with Crippen molar-refractivity contribution in [2.45, 2.75) is 0 Å². The largest absolute Gasteiger partial charge is 0.506 e. The lowest BCUT2D eigenvalue weighted by molar-refractivity contribution is 0.477. The molecule has 4 rings (SSSR count). The minimum absolute atomic E-state index is 0.0949. The van der Waals surface area contributed by atoms with Gasteiger partial charge in [-0.25, -0.2) is 4.98 Å². The molecule has 4 N–H and O–H groups in total. The van der Waals surface area contributed by atoms with Crippen LogP contribution in [-0.4, -0.2) is 24.9 Å². The van der Waals surface area contributed by atoms with Crippen LogP contribution in [0.1, 0.15) is 0 Å². The molecule has 2 aromatic carbocycles. The molecule has 0 fully saturated rings. The lowest BCUT2D eigenvalue weighted by Crippen LogP contribution is -2.04. The van der Waals surface area contributed by atoms with Gasteiger partial charge in [-0.2, -0.15) is 9.67 Å². The molecule has 0 unspecified atom stereocenters. The summed E-state index contributed by atoms with van der Waals surface area (Å²) in [5.74, 6) is 1.13. The number of nitrogens with zero attached hydrogens (tertiary/aromatic N) is 4. The van der Waals surface area contributed by atoms with Crippen LogP contribution in [0.2, 0.25) is 0 Å². The molecule has 0 amide bonds. The van der Waals surface area contributed by atoms with Gasteiger partial charge < -0.3 is 16.2 Å². The second kappa shape index (κ2) is 6.56. The number of aromatic hydroxyl groups is 1. The van der Waals surface area contributed by atoms with Gasteiger partial charge in [0.05, 0.1) is 5.69 Å². The van der Waals surface area contributed by atoms with E-state index in [9.17, 15) is 5.11 Å². The molecule has 7 nitrogen and oxygen atoms in total. The Morgan fingerprint density at radius 2 is 1.73 bits per heavy atom. The summed E-state index contributed by atoms with van der Waals surface area (Å²) in [6, 6.07) is 20.6. The van der Waals surface area contributed by atoms with E-state index in [1.807, 2.05) is 54.6 Å². The Morgan fingerprint density at radius 1 is 0.923 bits per heavy atom. The van der Waals surface area contributed by atoms with E-state index in [-0.39, 0.29) is 17.6 Å². The molecule has 0 saturated heterocycles. The topological polar surface area (TPSA) is 102 Å². The zero-order valence-corrected chi connectivity index (χ0v) is 13.7. The molecular weight excluding hydrogens is 328 g/mol. The Kier molecular flexibility index (Phi) is 3.95. The van der Waals surface area contributed by atoms with Crippen LogP contribution in [0.4, 0.5) is 17.6 Å². The third-order valence-electron chi connectivity index (χ3n) is 3.85. The fourth-order valence-corrected chi connectivity index (χ4v) is 2.59. The van der Waals surface area contributed by atoms with Crippen molar-refractivity contribution in [3.05, 3.63) is 72.9 Å². The van der Waals surface area contributed by atoms with Crippen LogP contribution in [-0.2, 0) is 0 Å². The Balaban J connectivity index is 1.66. The highest BCUT2D eigenvalue weighted by Gasteiger charge is 2.12. The second-order valence-corrected chi connectivity index (χ2v) is 5.62. The van der Waals surface area contributed by atoms with E-state index in [2.05, 4.69) is 20.4 Å². The van der Waals surface area contributed by atoms with Gasteiger partial charge in [-0.15, -0.1) is 5.10 Å². The fraction of sp³-hybridized carbons (Fsp3) is 0. The molecule has 26 heavy (non-hydrogen) atoms. The van der Waals surface area contributed by atoms with Crippen molar-refractivity contribution in [1.29, 1.82) is 0 Å². The highest BCUT2D eigenvalue weighted by atomic mass is 16.3. The summed E-state index contributed by atoms with van der Waals surface area (Å²) in [5.41, 5.74) is 8.43. The average molecular weight is 344 g/mol. The maximum atomic E-state index is 10.2. The lowest BCUT2D eigenvalue weighted by Gasteiger charge is -2.08. The number of phenolic OH excluding ortho intramolecular Hbond substituents is 1. The standard InChI is InChI=1S/C19H16N6O/c20-18-23-19(24-25(18)17-8-4-5-11-21-17)22-15-12-14(9-10-16(15)26)13-6-2-1-3-7-13/h1-12,26H,(H3,20,22,23,24). The van der Waals surface area contributed by atoms with Gasteiger partial charge in [-0.3, -0.25) is 0 Å². The molecule has 0 saturated carbocycles. The third kappa shape index (κ3) is 3.05. The SMILES string of the molecule is Nc1nc(Nc2cc(-c3ccccc3)ccc2O)nn1-c1ccccn1. The molecule has 0 atom stereocenters. The Bertz CT molecular complexity index is 1030. The van der Waals surface area contributed by atoms with Crippen LogP contribution in [0, 0.1) is 0 Å². The number of pyridine rings is 1. The lowest BCUT2D eigenvalue weighted by atomic mass is 10.0. The van der Waals surface area contributed by atoms with E-state index in [4.69, 9.17) is 5.73 Å². The number of phenols is 1. The highest BCUT2D eigenvalue weighted by Crippen LogP contribution is 2.31. The van der Waals surface area contributed by atoms with Crippen LogP contribution in [0.5, 0.6) is 5.75 Å². The first-order chi connectivity index (χ1) is 12.7. The van der Waals surface area contributed by atoms with Crippen molar-refractivity contribution in [2.75, 3.05) is 11.1 Å². The number of hydrogen-bond donors (Lipinski definition) is 3. The smallest absolute Gasteiger partial charge is 0.249 e. The predicted molar refractivity (Wildman–Crippen MR) is 100 cm³/mol. The number of aromatic nitrogens is 4. The first-order valence-corrected chi connectivity index (χ1v) is 8.00. The number of nitrogens with one attached hydrogen (secondary N) is 1. The zero-order chi connectivity index (χ0) is 17.9. The molecule has 0 bridgehead atoms. The number of benzene rings is 2. The normalized spacial score (nSPS) is 10.6. The maximum Gasteiger partial charge on any atom is 0.249 e. The van der Waals surface area contributed by atoms with E-state index >= 15 is 0 Å². The molecular formula is C19H16N6O. The monoisotopic (exact) mass is 344 g/mol. The van der Waals surface area contributed by atoms with E-state index in [1.54, 1.807) is 18.3 Å². The van der Waals surface area contributed by atoms with Crippen molar-refractivity contribution in [2.24, 2.45) is 0 Å². The van der Waals surface area contributed by atoms with Crippen molar-refractivity contribution >= 4 is 17.6 Å². The molecule has 7 heteroatoms. The van der Waals surface area contributed by atoms with Gasteiger partial charge in [0.1, 0.15) is 5.75 Å². The van der Waals surface area contributed by atoms with Gasteiger partial charge in [0.15, 0.2) is 5.82 Å². The Hall–Kier alpha value is -3.87. The van der Waals surface area contributed by atoms with Crippen LogP contribution in [0.15, 0.2) is 72.9 Å². The highest BCUT2D eigenvalue weighted by molar-refractivity contribution is 5.73. The summed E-state index contributed by atoms with van der Waals surface area (Å²) in [7, 11) is 0. The fourth-order valence-electron chi connectivity index (χ4n) is 2.59. The van der Waals surface area contributed by atoms with Crippen LogP contribution in [0.3, 0.4) is 0 Å². The van der Waals surface area contributed by atoms with Crippen molar-refractivity contribution in [1.82, 2.24) is 19.7 Å². The number of nitrogens with two attached hydrogens (primary N) is 1. The number of anilines is 3. The Morgan fingerprint density at radius 3 is 2.50 bits per heavy atom. The number of nitrogen functional groups attached to an aromatic ring is 1. The maximum absolute atomic E-state index is 10.2. The van der Waals surface area contributed by atoms with E-state index in [1.165, 1.54) is 4.68 Å². The van der Waals surface area contributed by atoms with Crippen molar-refractivity contribution in [3.8, 4) is 22.7 Å². The molecule has 128 valence electrons. The summed E-state index contributed by atoms with van der Waals surface area (Å²) in [5, 5.41) is 17.5. The number of rotatable bonds is 4. The van der Waals surface area contributed by atoms with Gasteiger partial charge in [0.2, 0.25) is 11.9 Å². The molecule has 4 aromatic rings. The van der Waals surface area contributed by atoms with Gasteiger partial charge >= 0.3 is 0 Å². The van der Waals surface area contributed by atoms with E-state index in [0.717, 1.165) is 11.1 Å². The van der Waals surface area contributed by atoms with Crippen LogP contribution in [0.25, 0.3) is 16.9 Å². The van der Waals surface area contributed by atoms with E-state index < -0.39 is 0 Å². The van der Waals surface area contributed by atoms with Gasteiger partial charge in [-0.1, -0.05) is 42.5 Å². The first kappa shape index (κ1) is 15.6. The molecule has 0 radical (unpaired) electrons. The molecule has 0 aliphatic heterocycles. The van der Waals surface area contributed by atoms with Crippen molar-refractivity contribution in [3.63, 3.8) is 0 Å². The summed E-state index contributed by atoms with van der Waals surface area (Å²) in [6.45, 7) is 0. The minimum Gasteiger partial charge on any atom is -0.506 e. The molecule has 0 spiro atoms. The molecule has 2 aromatic heterocycles. The molecule has 2 heterocycles. The van der Waals surface area contributed by atoms with E-state index in [0.29, 0.717) is 11.5 Å². The third-order valence-corrected chi connectivity index (χ3v) is 3.85. The predicted octanol–water partition coefficient (Wildman–Crippen LogP) is 3.36. The second-order valence-electron chi connectivity index (χ2n) is 5.62. The summed E-state index contributed by atoms with van der Waals surface area (Å²) in [6.07, 6.45) is 1.65. The number of hydrogen-bond acceptors (Lipinski definition) is 6. The summed E-state index contributed by atoms with van der Waals surface area (Å²) >= 11 is 0. The van der Waals surface area contributed by atoms with Gasteiger partial charge in [-0.05, 0) is 35.4 Å².